The first-order valence-corrected chi connectivity index (χ1v) is 11.0. The molecule has 1 fully saturated rings. The van der Waals surface area contributed by atoms with Gasteiger partial charge in [-0.3, -0.25) is 9.59 Å². The Kier molecular flexibility index (Phi) is 6.64. The number of rotatable bonds is 6. The monoisotopic (exact) mass is 438 g/mol. The molecule has 162 valence electrons. The number of hydrogen-bond donors (Lipinski definition) is 1. The smallest absolute Gasteiger partial charge is 0.271 e. The van der Waals surface area contributed by atoms with Gasteiger partial charge in [0.15, 0.2) is 0 Å². The van der Waals surface area contributed by atoms with E-state index < -0.39 is 27.3 Å². The van der Waals surface area contributed by atoms with E-state index in [1.165, 1.54) is 40.7 Å². The number of amides is 1. The van der Waals surface area contributed by atoms with Crippen LogP contribution in [-0.4, -0.2) is 66.0 Å². The highest BCUT2D eigenvalue weighted by Crippen LogP contribution is 2.14. The van der Waals surface area contributed by atoms with E-state index in [9.17, 15) is 22.4 Å². The molecule has 0 saturated carbocycles. The van der Waals surface area contributed by atoms with Crippen molar-refractivity contribution in [2.24, 2.45) is 0 Å². The highest BCUT2D eigenvalue weighted by atomic mass is 32.2. The summed E-state index contributed by atoms with van der Waals surface area (Å²) >= 11 is 0. The third-order valence-corrected chi connectivity index (χ3v) is 6.33. The van der Waals surface area contributed by atoms with E-state index in [4.69, 9.17) is 4.74 Å². The molecule has 1 aliphatic heterocycles. The molecule has 0 bridgehead atoms. The van der Waals surface area contributed by atoms with Crippen LogP contribution in [0.3, 0.4) is 0 Å². The molecule has 2 atom stereocenters. The number of carbonyl (C=O) groups excluding carboxylic acids is 1. The van der Waals surface area contributed by atoms with Gasteiger partial charge in [0.25, 0.3) is 11.5 Å². The predicted octanol–water partition coefficient (Wildman–Crippen LogP) is 0.540. The Bertz CT molecular complexity index is 1060. The van der Waals surface area contributed by atoms with Crippen LogP contribution in [0.2, 0.25) is 0 Å². The fourth-order valence-electron chi connectivity index (χ4n) is 3.17. The van der Waals surface area contributed by atoms with Gasteiger partial charge in [0, 0.05) is 25.7 Å². The van der Waals surface area contributed by atoms with E-state index in [0.717, 1.165) is 4.68 Å². The predicted molar refractivity (Wildman–Crippen MR) is 107 cm³/mol. The summed E-state index contributed by atoms with van der Waals surface area (Å²) in [5.74, 6) is -1.36. The molecule has 9 nitrogen and oxygen atoms in total. The zero-order valence-corrected chi connectivity index (χ0v) is 17.4. The lowest BCUT2D eigenvalue weighted by Crippen LogP contribution is -2.49. The Hall–Kier alpha value is -2.63. The molecule has 0 spiro atoms. The Morgan fingerprint density at radius 1 is 1.17 bits per heavy atom. The Balaban J connectivity index is 1.64. The number of nitrogens with one attached hydrogen (secondary N) is 1. The lowest BCUT2D eigenvalue weighted by Gasteiger charge is -2.34. The lowest BCUT2D eigenvalue weighted by atomic mass is 10.3. The summed E-state index contributed by atoms with van der Waals surface area (Å²) in [4.78, 5) is 24.4. The van der Waals surface area contributed by atoms with E-state index in [2.05, 4.69) is 10.4 Å². The molecule has 1 amide bonds. The van der Waals surface area contributed by atoms with Crippen molar-refractivity contribution in [2.45, 2.75) is 26.1 Å². The van der Waals surface area contributed by atoms with Crippen molar-refractivity contribution < 1.29 is 22.3 Å². The molecule has 0 radical (unpaired) electrons. The number of benzene rings is 1. The first kappa shape index (κ1) is 22.1. The fourth-order valence-corrected chi connectivity index (χ4v) is 4.66. The maximum atomic E-state index is 13.1. The normalized spacial score (nSPS) is 20.1. The molecule has 1 saturated heterocycles. The van der Waals surface area contributed by atoms with E-state index in [1.807, 2.05) is 13.8 Å². The highest BCUT2D eigenvalue weighted by Gasteiger charge is 2.30. The summed E-state index contributed by atoms with van der Waals surface area (Å²) in [6.07, 6.45) is -0.398. The Labute approximate surface area is 173 Å². The van der Waals surface area contributed by atoms with Crippen LogP contribution in [-0.2, 0) is 14.8 Å². The molecule has 11 heteroatoms. The van der Waals surface area contributed by atoms with Crippen LogP contribution >= 0.6 is 0 Å². The van der Waals surface area contributed by atoms with Gasteiger partial charge in [0.05, 0.1) is 23.6 Å². The van der Waals surface area contributed by atoms with Crippen molar-refractivity contribution in [3.8, 4) is 5.69 Å². The number of sulfonamides is 1. The van der Waals surface area contributed by atoms with Crippen LogP contribution in [0.5, 0.6) is 0 Å². The molecule has 2 heterocycles. The zero-order valence-electron chi connectivity index (χ0n) is 16.6. The summed E-state index contributed by atoms with van der Waals surface area (Å²) in [5, 5.41) is 6.50. The maximum absolute atomic E-state index is 13.1. The summed E-state index contributed by atoms with van der Waals surface area (Å²) in [6.45, 7) is 4.04. The molecule has 1 aromatic heterocycles. The van der Waals surface area contributed by atoms with Gasteiger partial charge in [-0.25, -0.2) is 12.8 Å². The minimum atomic E-state index is -3.56. The second kappa shape index (κ2) is 9.02. The quantitative estimate of drug-likeness (QED) is 0.705. The third kappa shape index (κ3) is 5.29. The van der Waals surface area contributed by atoms with Crippen molar-refractivity contribution >= 4 is 15.9 Å². The molecule has 2 aromatic rings. The number of hydrogen-bond acceptors (Lipinski definition) is 6. The molecule has 1 aromatic carbocycles. The standard InChI is InChI=1S/C19H23FN4O5S/c1-13-11-23(12-14(2)29-13)30(27,28)10-9-21-19(26)17-7-8-18(25)24(22-17)16-5-3-15(20)4-6-16/h3-8,13-14H,9-12H2,1-2H3,(H,21,26). The summed E-state index contributed by atoms with van der Waals surface area (Å²) in [7, 11) is -3.56. The summed E-state index contributed by atoms with van der Waals surface area (Å²) in [6, 6.07) is 7.49. The van der Waals surface area contributed by atoms with Gasteiger partial charge in [-0.15, -0.1) is 0 Å². The van der Waals surface area contributed by atoms with Gasteiger partial charge >= 0.3 is 0 Å². The number of carbonyl (C=O) groups is 1. The van der Waals surface area contributed by atoms with Crippen LogP contribution in [0.25, 0.3) is 5.69 Å². The van der Waals surface area contributed by atoms with Crippen LogP contribution < -0.4 is 10.9 Å². The maximum Gasteiger partial charge on any atom is 0.271 e. The molecular formula is C19H23FN4O5S. The minimum absolute atomic E-state index is 0.0649. The van der Waals surface area contributed by atoms with Gasteiger partial charge in [0.1, 0.15) is 11.5 Å². The molecule has 1 N–H and O–H groups in total. The van der Waals surface area contributed by atoms with Crippen LogP contribution in [0.4, 0.5) is 4.39 Å². The van der Waals surface area contributed by atoms with Gasteiger partial charge in [-0.2, -0.15) is 14.1 Å². The van der Waals surface area contributed by atoms with Gasteiger partial charge in [-0.1, -0.05) is 0 Å². The van der Waals surface area contributed by atoms with Gasteiger partial charge < -0.3 is 10.1 Å². The first-order valence-electron chi connectivity index (χ1n) is 9.43. The van der Waals surface area contributed by atoms with Crippen molar-refractivity contribution in [3.05, 3.63) is 58.3 Å². The number of aromatic nitrogens is 2. The van der Waals surface area contributed by atoms with E-state index >= 15 is 0 Å². The number of morpholine rings is 1. The molecule has 2 unspecified atom stereocenters. The second-order valence-electron chi connectivity index (χ2n) is 7.09. The van der Waals surface area contributed by atoms with Gasteiger partial charge in [0.2, 0.25) is 10.0 Å². The van der Waals surface area contributed by atoms with E-state index in [0.29, 0.717) is 5.69 Å². The van der Waals surface area contributed by atoms with Crippen molar-refractivity contribution in [3.63, 3.8) is 0 Å². The minimum Gasteiger partial charge on any atom is -0.373 e. The van der Waals surface area contributed by atoms with Crippen molar-refractivity contribution in [1.82, 2.24) is 19.4 Å². The highest BCUT2D eigenvalue weighted by molar-refractivity contribution is 7.89. The summed E-state index contributed by atoms with van der Waals surface area (Å²) < 4.78 is 46.0. The average Bonchev–Trinajstić information content (AvgIpc) is 2.68. The first-order chi connectivity index (χ1) is 14.2. The number of halogens is 1. The van der Waals surface area contributed by atoms with E-state index in [-0.39, 0.29) is 43.3 Å². The molecular weight excluding hydrogens is 415 g/mol. The molecule has 30 heavy (non-hydrogen) atoms. The SMILES string of the molecule is CC1CN(S(=O)(=O)CCNC(=O)c2ccc(=O)n(-c3ccc(F)cc3)n2)CC(C)O1. The average molecular weight is 438 g/mol. The number of nitrogens with zero attached hydrogens (tertiary/aromatic N) is 3. The summed E-state index contributed by atoms with van der Waals surface area (Å²) in [5.41, 5.74) is -0.254. The van der Waals surface area contributed by atoms with Crippen LogP contribution in [0.15, 0.2) is 41.2 Å². The van der Waals surface area contributed by atoms with Crippen molar-refractivity contribution in [2.75, 3.05) is 25.4 Å². The second-order valence-corrected chi connectivity index (χ2v) is 9.18. The van der Waals surface area contributed by atoms with Crippen LogP contribution in [0, 0.1) is 5.82 Å². The van der Waals surface area contributed by atoms with Crippen LogP contribution in [0.1, 0.15) is 24.3 Å². The lowest BCUT2D eigenvalue weighted by molar-refractivity contribution is -0.0440. The van der Waals surface area contributed by atoms with E-state index in [1.54, 1.807) is 0 Å². The zero-order chi connectivity index (χ0) is 21.9. The fraction of sp³-hybridized carbons (Fsp3) is 0.421. The Morgan fingerprint density at radius 2 is 1.80 bits per heavy atom. The van der Waals surface area contributed by atoms with Crippen molar-refractivity contribution in [1.29, 1.82) is 0 Å². The molecule has 3 rings (SSSR count). The molecule has 0 aliphatic carbocycles. The topological polar surface area (TPSA) is 111 Å². The van der Waals surface area contributed by atoms with Gasteiger partial charge in [-0.05, 0) is 44.2 Å². The Morgan fingerprint density at radius 3 is 2.43 bits per heavy atom. The molecule has 1 aliphatic rings. The number of ether oxygens (including phenoxy) is 1. The third-order valence-electron chi connectivity index (χ3n) is 4.53. The largest absolute Gasteiger partial charge is 0.373 e.